The molecule has 1 N–H and O–H groups in total. The van der Waals surface area contributed by atoms with Gasteiger partial charge in [-0.2, -0.15) is 0 Å². The summed E-state index contributed by atoms with van der Waals surface area (Å²) in [6.45, 7) is 6.66. The van der Waals surface area contributed by atoms with E-state index in [9.17, 15) is 0 Å². The first-order chi connectivity index (χ1) is 10.8. The van der Waals surface area contributed by atoms with Crippen molar-refractivity contribution in [1.82, 2.24) is 0 Å². The summed E-state index contributed by atoms with van der Waals surface area (Å²) in [6, 6.07) is 4.43. The summed E-state index contributed by atoms with van der Waals surface area (Å²) >= 11 is 1.87. The van der Waals surface area contributed by atoms with E-state index in [1.165, 1.54) is 46.8 Å². The van der Waals surface area contributed by atoms with Crippen molar-refractivity contribution in [2.24, 2.45) is 0 Å². The van der Waals surface area contributed by atoms with E-state index in [0.717, 1.165) is 13.1 Å². The summed E-state index contributed by atoms with van der Waals surface area (Å²) in [7, 11) is 0. The molecule has 0 amide bonds. The fraction of sp³-hybridized carbons (Fsp3) is 0.444. The number of aryl methyl sites for hydroxylation is 2. The summed E-state index contributed by atoms with van der Waals surface area (Å²) in [5.41, 5.74) is 2.45. The number of anilines is 2. The minimum atomic E-state index is 1.09. The number of unbranched alkanes of at least 4 members (excludes halogenated alkanes) is 2. The summed E-state index contributed by atoms with van der Waals surface area (Å²) in [4.78, 5) is 2.63. The van der Waals surface area contributed by atoms with E-state index in [2.05, 4.69) is 65.2 Å². The van der Waals surface area contributed by atoms with Crippen LogP contribution in [-0.2, 0) is 13.1 Å². The molecule has 0 atom stereocenters. The molecule has 2 aromatic rings. The third-order valence-corrected chi connectivity index (χ3v) is 5.11. The molecule has 0 saturated carbocycles. The van der Waals surface area contributed by atoms with Crippen LogP contribution in [0.1, 0.15) is 39.5 Å². The van der Waals surface area contributed by atoms with Gasteiger partial charge in [0.1, 0.15) is 18.8 Å². The van der Waals surface area contributed by atoms with E-state index in [0.29, 0.717) is 0 Å². The Hall–Kier alpha value is -1.55. The van der Waals surface area contributed by atoms with E-state index in [1.807, 2.05) is 11.8 Å². The van der Waals surface area contributed by atoms with Crippen molar-refractivity contribution in [2.75, 3.05) is 5.32 Å². The molecule has 2 aromatic heterocycles. The maximum Gasteiger partial charge on any atom is 0.193 e. The quantitative estimate of drug-likeness (QED) is 0.692. The van der Waals surface area contributed by atoms with Gasteiger partial charge in [0, 0.05) is 29.9 Å². The first kappa shape index (κ1) is 15.3. The Labute approximate surface area is 137 Å². The second-order valence-corrected chi connectivity index (χ2v) is 6.94. The lowest BCUT2D eigenvalue weighted by molar-refractivity contribution is -0.699. The summed E-state index contributed by atoms with van der Waals surface area (Å²) in [6.07, 6.45) is 13.8. The number of nitrogens with one attached hydrogen (secondary N) is 1. The number of pyridine rings is 2. The molecule has 0 unspecified atom stereocenters. The first-order valence-corrected chi connectivity index (χ1v) is 9.13. The highest BCUT2D eigenvalue weighted by molar-refractivity contribution is 7.99. The van der Waals surface area contributed by atoms with Crippen LogP contribution in [0.3, 0.4) is 0 Å². The number of hydrogen-bond donors (Lipinski definition) is 1. The monoisotopic (exact) mass is 315 g/mol. The van der Waals surface area contributed by atoms with Crippen LogP contribution in [-0.4, -0.2) is 0 Å². The average Bonchev–Trinajstić information content (AvgIpc) is 2.56. The van der Waals surface area contributed by atoms with Crippen LogP contribution in [0.25, 0.3) is 0 Å². The maximum absolute atomic E-state index is 3.59. The lowest BCUT2D eigenvalue weighted by atomic mass is 10.3. The van der Waals surface area contributed by atoms with Crippen molar-refractivity contribution < 1.29 is 9.13 Å². The minimum Gasteiger partial charge on any atom is -0.348 e. The van der Waals surface area contributed by atoms with Gasteiger partial charge >= 0.3 is 0 Å². The van der Waals surface area contributed by atoms with Crippen LogP contribution < -0.4 is 14.5 Å². The zero-order valence-electron chi connectivity index (χ0n) is 13.5. The molecule has 0 radical (unpaired) electrons. The fourth-order valence-electron chi connectivity index (χ4n) is 2.63. The number of rotatable bonds is 6. The van der Waals surface area contributed by atoms with Gasteiger partial charge < -0.3 is 5.32 Å². The van der Waals surface area contributed by atoms with Crippen LogP contribution in [0, 0.1) is 0 Å². The molecule has 22 heavy (non-hydrogen) atoms. The van der Waals surface area contributed by atoms with E-state index in [4.69, 9.17) is 0 Å². The Bertz CT molecular complexity index is 597. The van der Waals surface area contributed by atoms with Gasteiger partial charge in [-0.1, -0.05) is 38.5 Å². The molecule has 0 aromatic carbocycles. The SMILES string of the molecule is CCCC[n+]1ccc2c(c1)Nc1cc[n+](CCCC)cc1S2. The number of aromatic nitrogens is 2. The van der Waals surface area contributed by atoms with E-state index in [-0.39, 0.29) is 0 Å². The second kappa shape index (κ2) is 7.14. The van der Waals surface area contributed by atoms with Gasteiger partial charge in [0.15, 0.2) is 24.8 Å². The fourth-order valence-corrected chi connectivity index (χ4v) is 3.63. The molecule has 0 spiro atoms. The van der Waals surface area contributed by atoms with Crippen molar-refractivity contribution in [1.29, 1.82) is 0 Å². The standard InChI is InChI=1S/C18H24N3S/c1-3-5-9-20-12-8-17-16(13-20)19-15-7-11-21(10-6-4-2)14-18(15)22-17/h7-8,11-14H,3-6,9-10H2,1-2H3/q+1/p+1. The highest BCUT2D eigenvalue weighted by Crippen LogP contribution is 2.42. The molecule has 116 valence electrons. The number of hydrogen-bond acceptors (Lipinski definition) is 2. The molecule has 0 fully saturated rings. The third-order valence-electron chi connectivity index (χ3n) is 3.99. The summed E-state index contributed by atoms with van der Waals surface area (Å²) in [5.74, 6) is 0. The van der Waals surface area contributed by atoms with Crippen LogP contribution in [0.4, 0.5) is 11.4 Å². The first-order valence-electron chi connectivity index (χ1n) is 8.31. The zero-order chi connectivity index (χ0) is 15.4. The van der Waals surface area contributed by atoms with E-state index in [1.54, 1.807) is 0 Å². The summed E-state index contributed by atoms with van der Waals surface area (Å²) in [5, 5.41) is 3.59. The number of nitrogens with zero attached hydrogens (tertiary/aromatic N) is 2. The minimum absolute atomic E-state index is 1.09. The molecule has 3 heterocycles. The molecule has 1 aliphatic heterocycles. The van der Waals surface area contributed by atoms with Crippen molar-refractivity contribution in [3.63, 3.8) is 0 Å². The Morgan fingerprint density at radius 2 is 1.55 bits per heavy atom. The third kappa shape index (κ3) is 3.43. The molecular formula is C18H25N3S+2. The normalized spacial score (nSPS) is 12.5. The highest BCUT2D eigenvalue weighted by Gasteiger charge is 2.21. The Morgan fingerprint density at radius 3 is 2.27 bits per heavy atom. The molecular weight excluding hydrogens is 290 g/mol. The van der Waals surface area contributed by atoms with Crippen molar-refractivity contribution in [2.45, 2.75) is 62.4 Å². The van der Waals surface area contributed by atoms with Crippen molar-refractivity contribution in [3.8, 4) is 0 Å². The van der Waals surface area contributed by atoms with Gasteiger partial charge in [-0.25, -0.2) is 9.13 Å². The smallest absolute Gasteiger partial charge is 0.193 e. The van der Waals surface area contributed by atoms with Crippen molar-refractivity contribution >= 4 is 23.1 Å². The lowest BCUT2D eigenvalue weighted by Gasteiger charge is -2.18. The summed E-state index contributed by atoms with van der Waals surface area (Å²) < 4.78 is 4.58. The van der Waals surface area contributed by atoms with Crippen LogP contribution in [0.15, 0.2) is 46.7 Å². The van der Waals surface area contributed by atoms with Gasteiger partial charge in [0.2, 0.25) is 0 Å². The van der Waals surface area contributed by atoms with Gasteiger partial charge in [0.05, 0.1) is 10.6 Å². The topological polar surface area (TPSA) is 19.8 Å². The zero-order valence-corrected chi connectivity index (χ0v) is 14.3. The largest absolute Gasteiger partial charge is 0.348 e. The lowest BCUT2D eigenvalue weighted by Crippen LogP contribution is -2.34. The van der Waals surface area contributed by atoms with Gasteiger partial charge in [-0.05, 0) is 0 Å². The van der Waals surface area contributed by atoms with Crippen LogP contribution in [0.5, 0.6) is 0 Å². The molecule has 3 nitrogen and oxygen atoms in total. The van der Waals surface area contributed by atoms with Gasteiger partial charge in [-0.3, -0.25) is 0 Å². The molecule has 3 rings (SSSR count). The number of fused-ring (bicyclic) bond motifs is 2. The molecule has 0 saturated heterocycles. The molecule has 4 heteroatoms. The van der Waals surface area contributed by atoms with E-state index < -0.39 is 0 Å². The second-order valence-electron chi connectivity index (χ2n) is 5.86. The molecule has 1 aliphatic rings. The predicted octanol–water partition coefficient (Wildman–Crippen LogP) is 4.07. The van der Waals surface area contributed by atoms with E-state index >= 15 is 0 Å². The van der Waals surface area contributed by atoms with Crippen molar-refractivity contribution in [3.05, 3.63) is 36.9 Å². The van der Waals surface area contributed by atoms with Gasteiger partial charge in [0.25, 0.3) is 0 Å². The Balaban J connectivity index is 1.79. The Kier molecular flexibility index (Phi) is 4.98. The van der Waals surface area contributed by atoms with Crippen LogP contribution >= 0.6 is 11.8 Å². The van der Waals surface area contributed by atoms with Gasteiger partial charge in [-0.15, -0.1) is 0 Å². The highest BCUT2D eigenvalue weighted by atomic mass is 32.2. The Morgan fingerprint density at radius 1 is 0.864 bits per heavy atom. The van der Waals surface area contributed by atoms with Crippen LogP contribution in [0.2, 0.25) is 0 Å². The predicted molar refractivity (Wildman–Crippen MR) is 90.5 cm³/mol. The average molecular weight is 315 g/mol. The maximum atomic E-state index is 3.59. The molecule has 0 bridgehead atoms. The molecule has 0 aliphatic carbocycles.